The first-order valence-electron chi connectivity index (χ1n) is 6.86. The van der Waals surface area contributed by atoms with Crippen molar-refractivity contribution in [1.29, 1.82) is 0 Å². The van der Waals surface area contributed by atoms with E-state index in [0.717, 1.165) is 0 Å². The molecule has 0 saturated heterocycles. The molecule has 22 heavy (non-hydrogen) atoms. The number of esters is 1. The highest BCUT2D eigenvalue weighted by Gasteiger charge is 2.42. The zero-order chi connectivity index (χ0) is 16.4. The third-order valence-electron chi connectivity index (χ3n) is 2.96. The molecule has 1 aromatic rings. The average molecular weight is 430 g/mol. The van der Waals surface area contributed by atoms with Crippen molar-refractivity contribution in [2.75, 3.05) is 17.3 Å². The third kappa shape index (κ3) is 4.65. The minimum Gasteiger partial charge on any atom is -0.465 e. The summed E-state index contributed by atoms with van der Waals surface area (Å²) < 4.78 is 5.15. The molecule has 0 atom stereocenters. The van der Waals surface area contributed by atoms with Crippen molar-refractivity contribution in [3.05, 3.63) is 60.2 Å². The number of allylic oxidation sites excluding steroid dienone is 2. The van der Waals surface area contributed by atoms with Crippen molar-refractivity contribution in [1.82, 2.24) is 0 Å². The smallest absolute Gasteiger partial charge is 0.327 e. The van der Waals surface area contributed by atoms with Crippen molar-refractivity contribution >= 4 is 43.6 Å². The van der Waals surface area contributed by atoms with Crippen molar-refractivity contribution in [3.8, 4) is 0 Å². The predicted molar refractivity (Wildman–Crippen MR) is 95.7 cm³/mol. The number of ketones is 1. The summed E-state index contributed by atoms with van der Waals surface area (Å²) in [7, 11) is 0. The number of halogens is 2. The van der Waals surface area contributed by atoms with Gasteiger partial charge in [0.05, 0.1) is 6.61 Å². The summed E-state index contributed by atoms with van der Waals surface area (Å²) in [6.07, 6.45) is 6.65. The molecule has 5 heteroatoms. The Morgan fingerprint density at radius 2 is 1.64 bits per heavy atom. The van der Waals surface area contributed by atoms with Gasteiger partial charge in [-0.05, 0) is 6.92 Å². The van der Waals surface area contributed by atoms with E-state index in [1.54, 1.807) is 55.5 Å². The molecule has 1 rings (SSSR count). The Bertz CT molecular complexity index is 536. The van der Waals surface area contributed by atoms with Crippen molar-refractivity contribution in [2.45, 2.75) is 6.92 Å². The van der Waals surface area contributed by atoms with Crippen LogP contribution in [0.1, 0.15) is 17.3 Å². The zero-order valence-electron chi connectivity index (χ0n) is 12.3. The number of carbonyl (C=O) groups is 2. The molecule has 0 N–H and O–H groups in total. The minimum absolute atomic E-state index is 0.215. The maximum Gasteiger partial charge on any atom is 0.327 e. The Morgan fingerprint density at radius 1 is 1.09 bits per heavy atom. The van der Waals surface area contributed by atoms with Crippen LogP contribution in [-0.4, -0.2) is 29.0 Å². The lowest BCUT2D eigenvalue weighted by Crippen LogP contribution is -2.37. The van der Waals surface area contributed by atoms with E-state index in [2.05, 4.69) is 31.9 Å². The maximum atomic E-state index is 13.0. The third-order valence-corrected chi connectivity index (χ3v) is 3.71. The van der Waals surface area contributed by atoms with Gasteiger partial charge in [0, 0.05) is 16.2 Å². The number of ether oxygens (including phenoxy) is 1. The van der Waals surface area contributed by atoms with Crippen molar-refractivity contribution in [3.63, 3.8) is 0 Å². The standard InChI is InChI=1S/C17H18Br2O3/c1-2-22-16(21)17(10-6-12-18,11-7-13-19)15(20)14-8-4-3-5-9-14/h3-11H,2,12-13H2,1H3/b10-6+,11-7+. The molecule has 0 fully saturated rings. The first kappa shape index (κ1) is 18.8. The van der Waals surface area contributed by atoms with Gasteiger partial charge in [-0.15, -0.1) is 0 Å². The second-order valence-electron chi connectivity index (χ2n) is 4.40. The lowest BCUT2D eigenvalue weighted by molar-refractivity contribution is -0.147. The van der Waals surface area contributed by atoms with Crippen LogP contribution in [0.25, 0.3) is 0 Å². The molecule has 0 spiro atoms. The van der Waals surface area contributed by atoms with E-state index in [1.807, 2.05) is 6.07 Å². The van der Waals surface area contributed by atoms with Crippen LogP contribution >= 0.6 is 31.9 Å². The van der Waals surface area contributed by atoms with Gasteiger partial charge in [-0.1, -0.05) is 86.5 Å². The van der Waals surface area contributed by atoms with Gasteiger partial charge in [-0.3, -0.25) is 9.59 Å². The Labute approximate surface area is 147 Å². The van der Waals surface area contributed by atoms with Gasteiger partial charge in [-0.2, -0.15) is 0 Å². The second-order valence-corrected chi connectivity index (χ2v) is 5.69. The summed E-state index contributed by atoms with van der Waals surface area (Å²) in [5, 5.41) is 1.08. The predicted octanol–water partition coefficient (Wildman–Crippen LogP) is 4.32. The minimum atomic E-state index is -1.45. The van der Waals surface area contributed by atoms with Crippen LogP contribution in [0.5, 0.6) is 0 Å². The molecular weight excluding hydrogens is 412 g/mol. The molecular formula is C17H18Br2O3. The summed E-state index contributed by atoms with van der Waals surface area (Å²) in [5.74, 6) is -0.876. The van der Waals surface area contributed by atoms with Crippen LogP contribution in [-0.2, 0) is 9.53 Å². The van der Waals surface area contributed by atoms with E-state index < -0.39 is 11.4 Å². The molecule has 1 aromatic carbocycles. The van der Waals surface area contributed by atoms with Crippen LogP contribution in [0.4, 0.5) is 0 Å². The number of benzene rings is 1. The van der Waals surface area contributed by atoms with Gasteiger partial charge in [0.25, 0.3) is 0 Å². The summed E-state index contributed by atoms with van der Waals surface area (Å²) in [6, 6.07) is 8.75. The van der Waals surface area contributed by atoms with Gasteiger partial charge < -0.3 is 4.74 Å². The molecule has 0 saturated carbocycles. The Kier molecular flexibility index (Phi) is 8.35. The topological polar surface area (TPSA) is 43.4 Å². The van der Waals surface area contributed by atoms with Crippen LogP contribution in [0.15, 0.2) is 54.6 Å². The van der Waals surface area contributed by atoms with E-state index in [4.69, 9.17) is 4.74 Å². The molecule has 3 nitrogen and oxygen atoms in total. The number of rotatable bonds is 8. The summed E-state index contributed by atoms with van der Waals surface area (Å²) in [6.45, 7) is 1.94. The number of alkyl halides is 2. The molecule has 0 amide bonds. The van der Waals surface area contributed by atoms with Crippen LogP contribution in [0, 0.1) is 5.41 Å². The molecule has 0 unspecified atom stereocenters. The molecule has 0 radical (unpaired) electrons. The van der Waals surface area contributed by atoms with Gasteiger partial charge in [-0.25, -0.2) is 0 Å². The molecule has 0 bridgehead atoms. The number of hydrogen-bond donors (Lipinski definition) is 0. The Balaban J connectivity index is 3.39. The number of hydrogen-bond acceptors (Lipinski definition) is 3. The highest BCUT2D eigenvalue weighted by Crippen LogP contribution is 2.29. The maximum absolute atomic E-state index is 13.0. The summed E-state index contributed by atoms with van der Waals surface area (Å²) in [4.78, 5) is 25.5. The monoisotopic (exact) mass is 428 g/mol. The first-order chi connectivity index (χ1) is 10.6. The molecule has 0 aliphatic rings. The van der Waals surface area contributed by atoms with Crippen LogP contribution in [0.2, 0.25) is 0 Å². The van der Waals surface area contributed by atoms with E-state index in [0.29, 0.717) is 16.2 Å². The fourth-order valence-electron chi connectivity index (χ4n) is 1.98. The lowest BCUT2D eigenvalue weighted by atomic mass is 9.79. The Hall–Kier alpha value is -1.20. The van der Waals surface area contributed by atoms with Crippen LogP contribution < -0.4 is 0 Å². The fraction of sp³-hybridized carbons (Fsp3) is 0.294. The normalized spacial score (nSPS) is 12.0. The second kappa shape index (κ2) is 9.74. The van der Waals surface area contributed by atoms with E-state index in [1.165, 1.54) is 0 Å². The molecule has 0 aliphatic heterocycles. The van der Waals surface area contributed by atoms with Gasteiger partial charge >= 0.3 is 5.97 Å². The fourth-order valence-corrected chi connectivity index (χ4v) is 2.35. The van der Waals surface area contributed by atoms with Gasteiger partial charge in [0.2, 0.25) is 0 Å². The van der Waals surface area contributed by atoms with Gasteiger partial charge in [0.1, 0.15) is 0 Å². The van der Waals surface area contributed by atoms with Crippen molar-refractivity contribution < 1.29 is 14.3 Å². The Morgan fingerprint density at radius 3 is 2.09 bits per heavy atom. The van der Waals surface area contributed by atoms with E-state index in [-0.39, 0.29) is 12.4 Å². The van der Waals surface area contributed by atoms with Crippen molar-refractivity contribution in [2.24, 2.45) is 5.41 Å². The molecule has 0 heterocycles. The molecule has 118 valence electrons. The van der Waals surface area contributed by atoms with E-state index >= 15 is 0 Å². The highest BCUT2D eigenvalue weighted by atomic mass is 79.9. The lowest BCUT2D eigenvalue weighted by Gasteiger charge is -2.24. The largest absolute Gasteiger partial charge is 0.465 e. The number of carbonyl (C=O) groups excluding carboxylic acids is 2. The first-order valence-corrected chi connectivity index (χ1v) is 9.11. The zero-order valence-corrected chi connectivity index (χ0v) is 15.5. The molecule has 0 aromatic heterocycles. The van der Waals surface area contributed by atoms with Crippen LogP contribution in [0.3, 0.4) is 0 Å². The highest BCUT2D eigenvalue weighted by molar-refractivity contribution is 9.09. The quantitative estimate of drug-likeness (QED) is 0.203. The number of Topliss-reactive ketones (excluding diaryl/α,β-unsaturated/α-hetero) is 1. The summed E-state index contributed by atoms with van der Waals surface area (Å²) in [5.41, 5.74) is -0.979. The molecule has 0 aliphatic carbocycles. The SMILES string of the molecule is CCOC(=O)C(/C=C/CBr)(/C=C/CBr)C(=O)c1ccccc1. The van der Waals surface area contributed by atoms with E-state index in [9.17, 15) is 9.59 Å². The average Bonchev–Trinajstić information content (AvgIpc) is 2.56. The van der Waals surface area contributed by atoms with Gasteiger partial charge in [0.15, 0.2) is 11.2 Å². The summed E-state index contributed by atoms with van der Waals surface area (Å²) >= 11 is 6.56.